The molecule has 0 N–H and O–H groups in total. The maximum Gasteiger partial charge on any atom is 0.130 e. The topological polar surface area (TPSA) is 33.0 Å². The van der Waals surface area contributed by atoms with Crippen LogP contribution in [0.5, 0.6) is 11.5 Å². The fraction of sp³-hybridized carbons (Fsp3) is 0. The van der Waals surface area contributed by atoms with Crippen molar-refractivity contribution in [1.82, 2.24) is 0 Å². The molecule has 0 saturated heterocycles. The van der Waals surface area contributed by atoms with Gasteiger partial charge in [-0.05, 0) is 46.3 Å². The first-order valence-corrected chi connectivity index (χ1v) is 5.61. The van der Waals surface area contributed by atoms with Crippen molar-refractivity contribution in [2.24, 2.45) is 0 Å². The maximum absolute atomic E-state index is 12.9. The lowest BCUT2D eigenvalue weighted by atomic mass is 10.2. The first-order chi connectivity index (χ1) is 8.19. The third-order valence-electron chi connectivity index (χ3n) is 2.09. The van der Waals surface area contributed by atoms with Gasteiger partial charge in [0.1, 0.15) is 23.4 Å². The normalized spacial score (nSPS) is 9.71. The molecule has 2 rings (SSSR count). The summed E-state index contributed by atoms with van der Waals surface area (Å²) in [6, 6.07) is 12.9. The Morgan fingerprint density at radius 1 is 1.12 bits per heavy atom. The molecule has 2 aromatic rings. The smallest absolute Gasteiger partial charge is 0.130 e. The number of nitriles is 1. The fourth-order valence-corrected chi connectivity index (χ4v) is 1.76. The predicted octanol–water partition coefficient (Wildman–Crippen LogP) is 4.25. The number of benzene rings is 2. The largest absolute Gasteiger partial charge is 0.457 e. The van der Waals surface area contributed by atoms with E-state index < -0.39 is 0 Å². The zero-order chi connectivity index (χ0) is 12.3. The van der Waals surface area contributed by atoms with Crippen molar-refractivity contribution in [3.8, 4) is 17.6 Å². The predicted molar refractivity (Wildman–Crippen MR) is 65.3 cm³/mol. The van der Waals surface area contributed by atoms with E-state index in [-0.39, 0.29) is 5.82 Å². The first-order valence-electron chi connectivity index (χ1n) is 4.82. The molecule has 0 aliphatic heterocycles. The molecule has 2 nitrogen and oxygen atoms in total. The van der Waals surface area contributed by atoms with E-state index in [9.17, 15) is 4.39 Å². The molecule has 0 aliphatic rings. The number of ether oxygens (including phenoxy) is 1. The Hall–Kier alpha value is -1.86. The van der Waals surface area contributed by atoms with Gasteiger partial charge >= 0.3 is 0 Å². The Kier molecular flexibility index (Phi) is 3.40. The van der Waals surface area contributed by atoms with Crippen LogP contribution in [0.25, 0.3) is 0 Å². The Morgan fingerprint density at radius 3 is 2.53 bits per heavy atom. The standard InChI is InChI=1S/C13H7BrFNO/c14-13-7-12(5-4-9(13)8-16)17-11-3-1-2-10(15)6-11/h1-7H. The summed E-state index contributed by atoms with van der Waals surface area (Å²) < 4.78 is 19.0. The molecule has 0 unspecified atom stereocenters. The van der Waals surface area contributed by atoms with Gasteiger partial charge in [0, 0.05) is 10.5 Å². The zero-order valence-electron chi connectivity index (χ0n) is 8.65. The van der Waals surface area contributed by atoms with Gasteiger partial charge in [0.25, 0.3) is 0 Å². The van der Waals surface area contributed by atoms with Crippen molar-refractivity contribution < 1.29 is 9.13 Å². The summed E-state index contributed by atoms with van der Waals surface area (Å²) in [5, 5.41) is 8.77. The van der Waals surface area contributed by atoms with E-state index in [1.165, 1.54) is 12.1 Å². The Bertz CT molecular complexity index is 592. The summed E-state index contributed by atoms with van der Waals surface area (Å²) in [5.74, 6) is 0.610. The van der Waals surface area contributed by atoms with Crippen molar-refractivity contribution in [3.63, 3.8) is 0 Å². The Balaban J connectivity index is 2.25. The van der Waals surface area contributed by atoms with Gasteiger partial charge in [0.2, 0.25) is 0 Å². The van der Waals surface area contributed by atoms with Crippen LogP contribution < -0.4 is 4.74 Å². The van der Waals surface area contributed by atoms with Crippen LogP contribution in [0, 0.1) is 17.1 Å². The van der Waals surface area contributed by atoms with Gasteiger partial charge in [-0.1, -0.05) is 6.07 Å². The van der Waals surface area contributed by atoms with E-state index in [0.717, 1.165) is 0 Å². The third-order valence-corrected chi connectivity index (χ3v) is 2.75. The number of rotatable bonds is 2. The minimum absolute atomic E-state index is 0.352. The molecule has 0 saturated carbocycles. The molecule has 0 radical (unpaired) electrons. The minimum Gasteiger partial charge on any atom is -0.457 e. The quantitative estimate of drug-likeness (QED) is 0.828. The number of hydrogen-bond acceptors (Lipinski definition) is 2. The lowest BCUT2D eigenvalue weighted by molar-refractivity contribution is 0.476. The molecular formula is C13H7BrFNO. The lowest BCUT2D eigenvalue weighted by Gasteiger charge is -2.06. The fourth-order valence-electron chi connectivity index (χ4n) is 1.32. The molecule has 0 bridgehead atoms. The summed E-state index contributed by atoms with van der Waals surface area (Å²) in [5.41, 5.74) is 0.525. The Morgan fingerprint density at radius 2 is 1.88 bits per heavy atom. The highest BCUT2D eigenvalue weighted by atomic mass is 79.9. The van der Waals surface area contributed by atoms with Crippen molar-refractivity contribution in [3.05, 3.63) is 58.3 Å². The lowest BCUT2D eigenvalue weighted by Crippen LogP contribution is -1.86. The zero-order valence-corrected chi connectivity index (χ0v) is 10.2. The second-order valence-corrected chi connectivity index (χ2v) is 4.17. The summed E-state index contributed by atoms with van der Waals surface area (Å²) in [6.07, 6.45) is 0. The van der Waals surface area contributed by atoms with E-state index >= 15 is 0 Å². The van der Waals surface area contributed by atoms with Gasteiger partial charge in [-0.15, -0.1) is 0 Å². The molecular weight excluding hydrogens is 285 g/mol. The highest BCUT2D eigenvalue weighted by molar-refractivity contribution is 9.10. The van der Waals surface area contributed by atoms with Crippen LogP contribution in [-0.2, 0) is 0 Å². The van der Waals surface area contributed by atoms with Gasteiger partial charge in [-0.2, -0.15) is 5.26 Å². The van der Waals surface area contributed by atoms with Gasteiger partial charge in [0.15, 0.2) is 0 Å². The van der Waals surface area contributed by atoms with Crippen LogP contribution in [-0.4, -0.2) is 0 Å². The summed E-state index contributed by atoms with van der Waals surface area (Å²) in [4.78, 5) is 0. The molecule has 0 aliphatic carbocycles. The highest BCUT2D eigenvalue weighted by Gasteiger charge is 2.03. The van der Waals surface area contributed by atoms with Gasteiger partial charge < -0.3 is 4.74 Å². The second-order valence-electron chi connectivity index (χ2n) is 3.31. The average Bonchev–Trinajstić information content (AvgIpc) is 2.29. The molecule has 0 heterocycles. The minimum atomic E-state index is -0.352. The van der Waals surface area contributed by atoms with Crippen molar-refractivity contribution in [2.45, 2.75) is 0 Å². The maximum atomic E-state index is 12.9. The van der Waals surface area contributed by atoms with E-state index in [1.54, 1.807) is 30.3 Å². The van der Waals surface area contributed by atoms with Crippen LogP contribution in [0.3, 0.4) is 0 Å². The highest BCUT2D eigenvalue weighted by Crippen LogP contribution is 2.26. The summed E-state index contributed by atoms with van der Waals surface area (Å²) in [7, 11) is 0. The van der Waals surface area contributed by atoms with E-state index in [4.69, 9.17) is 10.00 Å². The second kappa shape index (κ2) is 4.98. The summed E-state index contributed by atoms with van der Waals surface area (Å²) in [6.45, 7) is 0. The van der Waals surface area contributed by atoms with E-state index in [0.29, 0.717) is 21.5 Å². The molecule has 2 aromatic carbocycles. The summed E-state index contributed by atoms with van der Waals surface area (Å²) >= 11 is 3.26. The van der Waals surface area contributed by atoms with Crippen molar-refractivity contribution in [2.75, 3.05) is 0 Å². The Labute approximate surface area is 106 Å². The van der Waals surface area contributed by atoms with Crippen LogP contribution in [0.4, 0.5) is 4.39 Å². The van der Waals surface area contributed by atoms with E-state index in [2.05, 4.69) is 15.9 Å². The molecule has 84 valence electrons. The number of hydrogen-bond donors (Lipinski definition) is 0. The van der Waals surface area contributed by atoms with Gasteiger partial charge in [-0.3, -0.25) is 0 Å². The third kappa shape index (κ3) is 2.83. The van der Waals surface area contributed by atoms with E-state index in [1.807, 2.05) is 6.07 Å². The van der Waals surface area contributed by atoms with Crippen LogP contribution in [0.2, 0.25) is 0 Å². The molecule has 0 atom stereocenters. The van der Waals surface area contributed by atoms with Gasteiger partial charge in [-0.25, -0.2) is 4.39 Å². The average molecular weight is 292 g/mol. The SMILES string of the molecule is N#Cc1ccc(Oc2cccc(F)c2)cc1Br. The number of halogens is 2. The number of nitrogens with zero attached hydrogens (tertiary/aromatic N) is 1. The van der Waals surface area contributed by atoms with Gasteiger partial charge in [0.05, 0.1) is 5.56 Å². The molecule has 4 heteroatoms. The van der Waals surface area contributed by atoms with Crippen molar-refractivity contribution in [1.29, 1.82) is 5.26 Å². The monoisotopic (exact) mass is 291 g/mol. The molecule has 0 fully saturated rings. The van der Waals surface area contributed by atoms with Crippen LogP contribution >= 0.6 is 15.9 Å². The molecule has 17 heavy (non-hydrogen) atoms. The van der Waals surface area contributed by atoms with Crippen molar-refractivity contribution >= 4 is 15.9 Å². The van der Waals surface area contributed by atoms with Crippen LogP contribution in [0.1, 0.15) is 5.56 Å². The molecule has 0 spiro atoms. The van der Waals surface area contributed by atoms with Crippen LogP contribution in [0.15, 0.2) is 46.9 Å². The first kappa shape index (κ1) is 11.6. The molecule has 0 aromatic heterocycles. The molecule has 0 amide bonds.